The molecule has 1 aliphatic heterocycles. The van der Waals surface area contributed by atoms with Crippen molar-refractivity contribution >= 4 is 16.7 Å². The molecule has 0 unspecified atom stereocenters. The van der Waals surface area contributed by atoms with E-state index in [9.17, 15) is 13.2 Å². The smallest absolute Gasteiger partial charge is 0.416 e. The Morgan fingerprint density at radius 1 is 1.14 bits per heavy atom. The van der Waals surface area contributed by atoms with Crippen LogP contribution in [0.5, 0.6) is 5.75 Å². The molecular formula is C20H21F3N4O. The summed E-state index contributed by atoms with van der Waals surface area (Å²) in [5, 5.41) is 0. The number of rotatable bonds is 3. The minimum absolute atomic E-state index is 0.0944. The van der Waals surface area contributed by atoms with Crippen LogP contribution >= 0.6 is 0 Å². The van der Waals surface area contributed by atoms with Crippen LogP contribution in [0.15, 0.2) is 36.4 Å². The zero-order valence-electron chi connectivity index (χ0n) is 15.4. The van der Waals surface area contributed by atoms with E-state index >= 15 is 0 Å². The number of halogens is 3. The number of likely N-dealkylation sites (tertiary alicyclic amines) is 1. The third kappa shape index (κ3) is 3.91. The number of ether oxygens (including phenoxy) is 1. The summed E-state index contributed by atoms with van der Waals surface area (Å²) in [6.45, 7) is 1.73. The van der Waals surface area contributed by atoms with Crippen molar-refractivity contribution in [1.82, 2.24) is 14.9 Å². The van der Waals surface area contributed by atoms with Crippen LogP contribution in [0.3, 0.4) is 0 Å². The van der Waals surface area contributed by atoms with Gasteiger partial charge in [-0.05, 0) is 56.3 Å². The molecule has 0 atom stereocenters. The summed E-state index contributed by atoms with van der Waals surface area (Å²) < 4.78 is 46.2. The zero-order chi connectivity index (χ0) is 19.9. The van der Waals surface area contributed by atoms with Crippen molar-refractivity contribution in [1.29, 1.82) is 0 Å². The van der Waals surface area contributed by atoms with E-state index in [0.29, 0.717) is 28.1 Å². The molecule has 0 saturated carbocycles. The number of aromatic amines is 1. The molecule has 3 aromatic rings. The van der Waals surface area contributed by atoms with Crippen LogP contribution in [0.4, 0.5) is 18.9 Å². The van der Waals surface area contributed by atoms with Gasteiger partial charge in [0.05, 0.1) is 16.6 Å². The quantitative estimate of drug-likeness (QED) is 0.654. The van der Waals surface area contributed by atoms with Gasteiger partial charge in [-0.15, -0.1) is 0 Å². The fraction of sp³-hybridized carbons (Fsp3) is 0.350. The molecule has 2 aromatic carbocycles. The van der Waals surface area contributed by atoms with Crippen LogP contribution in [0.1, 0.15) is 18.4 Å². The minimum Gasteiger partial charge on any atom is -0.490 e. The lowest BCUT2D eigenvalue weighted by molar-refractivity contribution is -0.137. The molecule has 1 saturated heterocycles. The number of alkyl halides is 3. The van der Waals surface area contributed by atoms with E-state index in [2.05, 4.69) is 14.9 Å². The van der Waals surface area contributed by atoms with Crippen LogP contribution in [0, 0.1) is 0 Å². The van der Waals surface area contributed by atoms with Crippen molar-refractivity contribution in [2.75, 3.05) is 25.9 Å². The van der Waals surface area contributed by atoms with Crippen molar-refractivity contribution in [3.05, 3.63) is 42.0 Å². The van der Waals surface area contributed by atoms with Crippen LogP contribution in [-0.2, 0) is 6.18 Å². The molecule has 5 nitrogen and oxygen atoms in total. The third-order valence-electron chi connectivity index (χ3n) is 4.98. The zero-order valence-corrected chi connectivity index (χ0v) is 15.4. The molecule has 0 spiro atoms. The Morgan fingerprint density at radius 3 is 2.61 bits per heavy atom. The molecule has 1 aliphatic rings. The summed E-state index contributed by atoms with van der Waals surface area (Å²) in [7, 11) is 2.02. The predicted molar refractivity (Wildman–Crippen MR) is 102 cm³/mol. The average molecular weight is 390 g/mol. The second-order valence-electron chi connectivity index (χ2n) is 7.23. The predicted octanol–water partition coefficient (Wildman–Crippen LogP) is 4.30. The van der Waals surface area contributed by atoms with Gasteiger partial charge in [0.2, 0.25) is 0 Å². The number of anilines is 1. The summed E-state index contributed by atoms with van der Waals surface area (Å²) in [6, 6.07) is 8.90. The van der Waals surface area contributed by atoms with Crippen LogP contribution in [-0.4, -0.2) is 41.1 Å². The van der Waals surface area contributed by atoms with E-state index in [1.165, 1.54) is 0 Å². The summed E-state index contributed by atoms with van der Waals surface area (Å²) in [6.07, 6.45) is -3.00. The Bertz CT molecular complexity index is 991. The number of nitrogens with one attached hydrogen (secondary N) is 1. The van der Waals surface area contributed by atoms with Crippen molar-refractivity contribution in [2.24, 2.45) is 0 Å². The molecular weight excluding hydrogens is 369 g/mol. The molecule has 0 radical (unpaired) electrons. The van der Waals surface area contributed by atoms with Gasteiger partial charge in [-0.2, -0.15) is 13.2 Å². The van der Waals surface area contributed by atoms with Crippen molar-refractivity contribution in [2.45, 2.75) is 25.1 Å². The Morgan fingerprint density at radius 2 is 1.89 bits per heavy atom. The Kier molecular flexibility index (Phi) is 4.66. The molecule has 1 aromatic heterocycles. The topological polar surface area (TPSA) is 67.2 Å². The molecule has 28 heavy (non-hydrogen) atoms. The average Bonchev–Trinajstić information content (AvgIpc) is 3.06. The monoisotopic (exact) mass is 390 g/mol. The number of nitrogens with two attached hydrogens (primary N) is 1. The van der Waals surface area contributed by atoms with Gasteiger partial charge in [0.25, 0.3) is 0 Å². The largest absolute Gasteiger partial charge is 0.490 e. The number of aromatic nitrogens is 2. The summed E-state index contributed by atoms with van der Waals surface area (Å²) in [4.78, 5) is 9.64. The lowest BCUT2D eigenvalue weighted by Gasteiger charge is -2.29. The summed E-state index contributed by atoms with van der Waals surface area (Å²) in [5.74, 6) is 0.555. The highest BCUT2D eigenvalue weighted by molar-refractivity contribution is 5.82. The van der Waals surface area contributed by atoms with Crippen molar-refractivity contribution in [3.63, 3.8) is 0 Å². The lowest BCUT2D eigenvalue weighted by atomic mass is 10.1. The van der Waals surface area contributed by atoms with E-state index in [4.69, 9.17) is 10.5 Å². The number of nitrogens with zero attached hydrogens (tertiary/aromatic N) is 2. The Hall–Kier alpha value is -2.74. The highest BCUT2D eigenvalue weighted by Crippen LogP contribution is 2.36. The van der Waals surface area contributed by atoms with Crippen molar-refractivity contribution in [3.8, 4) is 17.1 Å². The highest BCUT2D eigenvalue weighted by atomic mass is 19.4. The van der Waals surface area contributed by atoms with Gasteiger partial charge in [0.1, 0.15) is 17.7 Å². The van der Waals surface area contributed by atoms with Gasteiger partial charge < -0.3 is 20.4 Å². The van der Waals surface area contributed by atoms with Crippen LogP contribution < -0.4 is 10.5 Å². The van der Waals surface area contributed by atoms with E-state index < -0.39 is 11.7 Å². The normalized spacial score (nSPS) is 16.6. The highest BCUT2D eigenvalue weighted by Gasteiger charge is 2.32. The van der Waals surface area contributed by atoms with E-state index in [1.54, 1.807) is 24.3 Å². The standard InChI is InChI=1S/C20H21F3N4O/c1-27-6-4-15(5-7-27)28-16-9-12(8-13(10-16)20(21,22)23)19-25-17-3-2-14(24)11-18(17)26-19/h2-3,8-11,15H,4-7,24H2,1H3,(H,25,26). The first-order chi connectivity index (χ1) is 13.3. The first-order valence-electron chi connectivity index (χ1n) is 9.11. The number of piperidine rings is 1. The van der Waals surface area contributed by atoms with Crippen LogP contribution in [0.25, 0.3) is 22.4 Å². The lowest BCUT2D eigenvalue weighted by Crippen LogP contribution is -2.35. The second-order valence-corrected chi connectivity index (χ2v) is 7.23. The summed E-state index contributed by atoms with van der Waals surface area (Å²) in [5.41, 5.74) is 7.19. The molecule has 0 amide bonds. The number of hydrogen-bond donors (Lipinski definition) is 2. The minimum atomic E-state index is -4.47. The fourth-order valence-electron chi connectivity index (χ4n) is 3.42. The Labute approximate surface area is 160 Å². The molecule has 4 rings (SSSR count). The van der Waals surface area contributed by atoms with Crippen LogP contribution in [0.2, 0.25) is 0 Å². The molecule has 2 heterocycles. The second kappa shape index (κ2) is 7.01. The molecule has 1 fully saturated rings. The Balaban J connectivity index is 1.71. The SMILES string of the molecule is CN1CCC(Oc2cc(-c3nc4cc(N)ccc4[nH]3)cc(C(F)(F)F)c2)CC1. The first kappa shape index (κ1) is 18.6. The fourth-order valence-corrected chi connectivity index (χ4v) is 3.42. The number of imidazole rings is 1. The number of nitrogen functional groups attached to an aromatic ring is 1. The molecule has 0 bridgehead atoms. The molecule has 8 heteroatoms. The molecule has 148 valence electrons. The molecule has 0 aliphatic carbocycles. The van der Waals surface area contributed by atoms with Gasteiger partial charge in [0, 0.05) is 24.3 Å². The van der Waals surface area contributed by atoms with E-state index in [1.807, 2.05) is 7.05 Å². The van der Waals surface area contributed by atoms with Gasteiger partial charge in [-0.3, -0.25) is 0 Å². The maximum absolute atomic E-state index is 13.4. The van der Waals surface area contributed by atoms with Gasteiger partial charge >= 0.3 is 6.18 Å². The number of H-pyrrole nitrogens is 1. The maximum Gasteiger partial charge on any atom is 0.416 e. The van der Waals surface area contributed by atoms with Gasteiger partial charge in [-0.1, -0.05) is 0 Å². The number of benzene rings is 2. The van der Waals surface area contributed by atoms with Gasteiger partial charge in [0.15, 0.2) is 0 Å². The third-order valence-corrected chi connectivity index (χ3v) is 4.98. The summed E-state index contributed by atoms with van der Waals surface area (Å²) >= 11 is 0. The first-order valence-corrected chi connectivity index (χ1v) is 9.11. The maximum atomic E-state index is 13.4. The molecule has 3 N–H and O–H groups in total. The van der Waals surface area contributed by atoms with E-state index in [-0.39, 0.29) is 11.9 Å². The van der Waals surface area contributed by atoms with Crippen molar-refractivity contribution < 1.29 is 17.9 Å². The van der Waals surface area contributed by atoms with E-state index in [0.717, 1.165) is 38.1 Å². The number of hydrogen-bond acceptors (Lipinski definition) is 4. The van der Waals surface area contributed by atoms with Gasteiger partial charge in [-0.25, -0.2) is 4.98 Å². The number of fused-ring (bicyclic) bond motifs is 1.